The number of carbonyl (C=O) groups excluding carboxylic acids is 3. The minimum absolute atomic E-state index is 0.0498. The van der Waals surface area contributed by atoms with E-state index in [1.165, 1.54) is 0 Å². The van der Waals surface area contributed by atoms with Crippen molar-refractivity contribution in [3.05, 3.63) is 65.2 Å². The Bertz CT molecular complexity index is 854. The molecular formula is C24H30N2O4. The molecule has 30 heavy (non-hydrogen) atoms. The number of esters is 1. The van der Waals surface area contributed by atoms with E-state index >= 15 is 0 Å². The first-order chi connectivity index (χ1) is 14.3. The van der Waals surface area contributed by atoms with Crippen molar-refractivity contribution in [1.82, 2.24) is 4.90 Å². The van der Waals surface area contributed by atoms with E-state index in [2.05, 4.69) is 19.2 Å². The molecule has 0 saturated carbocycles. The molecule has 0 spiro atoms. The number of nitrogens with one attached hydrogen (secondary N) is 1. The predicted octanol–water partition coefficient (Wildman–Crippen LogP) is 4.16. The van der Waals surface area contributed by atoms with Crippen LogP contribution in [0.5, 0.6) is 0 Å². The molecule has 0 unspecified atom stereocenters. The summed E-state index contributed by atoms with van der Waals surface area (Å²) in [5.41, 5.74) is 2.66. The average Bonchev–Trinajstić information content (AvgIpc) is 2.73. The molecule has 2 aromatic rings. The average molecular weight is 411 g/mol. The lowest BCUT2D eigenvalue weighted by molar-refractivity contribution is -0.119. The summed E-state index contributed by atoms with van der Waals surface area (Å²) in [7, 11) is 0. The lowest BCUT2D eigenvalue weighted by Crippen LogP contribution is -2.30. The van der Waals surface area contributed by atoms with Crippen molar-refractivity contribution >= 4 is 23.5 Å². The third-order valence-corrected chi connectivity index (χ3v) is 4.63. The van der Waals surface area contributed by atoms with Gasteiger partial charge in [-0.25, -0.2) is 4.79 Å². The number of amides is 2. The highest BCUT2D eigenvalue weighted by molar-refractivity contribution is 5.97. The third-order valence-electron chi connectivity index (χ3n) is 4.63. The number of nitrogens with zero attached hydrogens (tertiary/aromatic N) is 1. The van der Waals surface area contributed by atoms with Crippen molar-refractivity contribution in [2.75, 3.05) is 25.0 Å². The summed E-state index contributed by atoms with van der Waals surface area (Å²) >= 11 is 0. The third kappa shape index (κ3) is 6.72. The largest absolute Gasteiger partial charge is 0.452 e. The van der Waals surface area contributed by atoms with E-state index in [0.29, 0.717) is 35.8 Å². The number of carbonyl (C=O) groups is 3. The van der Waals surface area contributed by atoms with Gasteiger partial charge in [-0.3, -0.25) is 9.59 Å². The van der Waals surface area contributed by atoms with Crippen molar-refractivity contribution in [3.8, 4) is 0 Å². The summed E-state index contributed by atoms with van der Waals surface area (Å²) in [5.74, 6) is -0.494. The highest BCUT2D eigenvalue weighted by Gasteiger charge is 2.13. The Labute approximate surface area is 178 Å². The highest BCUT2D eigenvalue weighted by atomic mass is 16.5. The van der Waals surface area contributed by atoms with Crippen molar-refractivity contribution in [2.24, 2.45) is 5.92 Å². The van der Waals surface area contributed by atoms with E-state index in [1.54, 1.807) is 41.3 Å². The molecule has 0 aromatic heterocycles. The van der Waals surface area contributed by atoms with Gasteiger partial charge in [0.2, 0.25) is 0 Å². The SMILES string of the molecule is CCN(CC)C(=O)c1ccc(NC(=O)COC(=O)c2ccc(CC(C)C)cc2)cc1. The van der Waals surface area contributed by atoms with E-state index < -0.39 is 11.9 Å². The predicted molar refractivity (Wildman–Crippen MR) is 118 cm³/mol. The first kappa shape index (κ1) is 23.1. The molecule has 0 atom stereocenters. The summed E-state index contributed by atoms with van der Waals surface area (Å²) in [6.45, 7) is 9.02. The van der Waals surface area contributed by atoms with Gasteiger partial charge in [0, 0.05) is 24.3 Å². The Balaban J connectivity index is 1.85. The van der Waals surface area contributed by atoms with Gasteiger partial charge in [-0.15, -0.1) is 0 Å². The fourth-order valence-corrected chi connectivity index (χ4v) is 3.05. The maximum Gasteiger partial charge on any atom is 0.338 e. The number of rotatable bonds is 9. The Morgan fingerprint density at radius 3 is 2.00 bits per heavy atom. The molecule has 6 heteroatoms. The molecule has 0 aliphatic carbocycles. The number of hydrogen-bond donors (Lipinski definition) is 1. The zero-order valence-electron chi connectivity index (χ0n) is 18.1. The molecule has 1 N–H and O–H groups in total. The Morgan fingerprint density at radius 2 is 1.47 bits per heavy atom. The van der Waals surface area contributed by atoms with Crippen molar-refractivity contribution < 1.29 is 19.1 Å². The zero-order valence-corrected chi connectivity index (χ0v) is 18.1. The second-order valence-electron chi connectivity index (χ2n) is 7.47. The molecule has 6 nitrogen and oxygen atoms in total. The zero-order chi connectivity index (χ0) is 22.1. The van der Waals surface area contributed by atoms with Crippen LogP contribution in [-0.4, -0.2) is 42.4 Å². The van der Waals surface area contributed by atoms with Gasteiger partial charge >= 0.3 is 5.97 Å². The fourth-order valence-electron chi connectivity index (χ4n) is 3.05. The summed E-state index contributed by atoms with van der Waals surface area (Å²) < 4.78 is 5.09. The van der Waals surface area contributed by atoms with Crippen molar-refractivity contribution in [2.45, 2.75) is 34.1 Å². The van der Waals surface area contributed by atoms with Crippen molar-refractivity contribution in [1.29, 1.82) is 0 Å². The smallest absolute Gasteiger partial charge is 0.338 e. The van der Waals surface area contributed by atoms with E-state index in [0.717, 1.165) is 12.0 Å². The molecule has 0 fully saturated rings. The molecular weight excluding hydrogens is 380 g/mol. The van der Waals surface area contributed by atoms with E-state index in [1.807, 2.05) is 26.0 Å². The van der Waals surface area contributed by atoms with Crippen LogP contribution < -0.4 is 5.32 Å². The summed E-state index contributed by atoms with van der Waals surface area (Å²) in [5, 5.41) is 2.66. The highest BCUT2D eigenvalue weighted by Crippen LogP contribution is 2.13. The van der Waals surface area contributed by atoms with Gasteiger partial charge in [0.1, 0.15) is 0 Å². The standard InChI is InChI=1S/C24H30N2O4/c1-5-26(6-2)23(28)19-11-13-21(14-12-19)25-22(27)16-30-24(29)20-9-7-18(8-10-20)15-17(3)4/h7-14,17H,5-6,15-16H2,1-4H3,(H,25,27). The normalized spacial score (nSPS) is 10.6. The molecule has 2 amide bonds. The van der Waals surface area contributed by atoms with Crippen LogP contribution in [-0.2, 0) is 16.0 Å². The summed E-state index contributed by atoms with van der Waals surface area (Å²) in [6.07, 6.45) is 0.942. The lowest BCUT2D eigenvalue weighted by atomic mass is 10.0. The van der Waals surface area contributed by atoms with Crippen LogP contribution in [0.1, 0.15) is 54.0 Å². The van der Waals surface area contributed by atoms with Crippen LogP contribution in [0.15, 0.2) is 48.5 Å². The molecule has 160 valence electrons. The molecule has 0 radical (unpaired) electrons. The van der Waals surface area contributed by atoms with Gasteiger partial charge in [-0.2, -0.15) is 0 Å². The lowest BCUT2D eigenvalue weighted by Gasteiger charge is -2.18. The second kappa shape index (κ2) is 11.1. The minimum Gasteiger partial charge on any atom is -0.452 e. The van der Waals surface area contributed by atoms with Crippen LogP contribution in [0.2, 0.25) is 0 Å². The molecule has 0 heterocycles. The molecule has 0 saturated heterocycles. The number of hydrogen-bond acceptors (Lipinski definition) is 4. The monoisotopic (exact) mass is 410 g/mol. The summed E-state index contributed by atoms with van der Waals surface area (Å²) in [4.78, 5) is 38.2. The first-order valence-electron chi connectivity index (χ1n) is 10.3. The quantitative estimate of drug-likeness (QED) is 0.630. The molecule has 0 aliphatic heterocycles. The molecule has 0 bridgehead atoms. The Hall–Kier alpha value is -3.15. The summed E-state index contributed by atoms with van der Waals surface area (Å²) in [6, 6.07) is 13.9. The molecule has 2 rings (SSSR count). The van der Waals surface area contributed by atoms with E-state index in [4.69, 9.17) is 4.74 Å². The maximum absolute atomic E-state index is 12.3. The van der Waals surface area contributed by atoms with Crippen molar-refractivity contribution in [3.63, 3.8) is 0 Å². The second-order valence-corrected chi connectivity index (χ2v) is 7.47. The van der Waals surface area contributed by atoms with Crippen LogP contribution in [0.25, 0.3) is 0 Å². The van der Waals surface area contributed by atoms with E-state index in [9.17, 15) is 14.4 Å². The number of anilines is 1. The number of ether oxygens (including phenoxy) is 1. The first-order valence-corrected chi connectivity index (χ1v) is 10.3. The Morgan fingerprint density at radius 1 is 0.900 bits per heavy atom. The van der Waals surface area contributed by atoms with E-state index in [-0.39, 0.29) is 12.5 Å². The topological polar surface area (TPSA) is 75.7 Å². The minimum atomic E-state index is -0.540. The Kier molecular flexibility index (Phi) is 8.59. The van der Waals surface area contributed by atoms with Gasteiger partial charge in [0.15, 0.2) is 6.61 Å². The van der Waals surface area contributed by atoms with Crippen LogP contribution in [0.3, 0.4) is 0 Å². The van der Waals surface area contributed by atoms with Gasteiger partial charge in [-0.1, -0.05) is 26.0 Å². The van der Waals surface area contributed by atoms with Gasteiger partial charge in [-0.05, 0) is 68.1 Å². The molecule has 2 aromatic carbocycles. The number of benzene rings is 2. The van der Waals surface area contributed by atoms with Gasteiger partial charge < -0.3 is 15.0 Å². The maximum atomic E-state index is 12.3. The fraction of sp³-hybridized carbons (Fsp3) is 0.375. The van der Waals surface area contributed by atoms with Gasteiger partial charge in [0.25, 0.3) is 11.8 Å². The van der Waals surface area contributed by atoms with Gasteiger partial charge in [0.05, 0.1) is 5.56 Å². The molecule has 0 aliphatic rings. The van der Waals surface area contributed by atoms with Crippen LogP contribution in [0.4, 0.5) is 5.69 Å². The van der Waals surface area contributed by atoms with Crippen LogP contribution in [0, 0.1) is 5.92 Å². The van der Waals surface area contributed by atoms with Crippen LogP contribution >= 0.6 is 0 Å².